The molecule has 6 nitrogen and oxygen atoms in total. The van der Waals surface area contributed by atoms with E-state index in [1.54, 1.807) is 6.07 Å². The molecule has 0 aromatic heterocycles. The van der Waals surface area contributed by atoms with Crippen LogP contribution in [-0.2, 0) is 19.6 Å². The molecule has 1 aliphatic rings. The van der Waals surface area contributed by atoms with E-state index in [0.29, 0.717) is 18.7 Å². The molecule has 3 rings (SSSR count). The summed E-state index contributed by atoms with van der Waals surface area (Å²) in [5, 5.41) is 2.78. The van der Waals surface area contributed by atoms with Crippen molar-refractivity contribution in [3.63, 3.8) is 0 Å². The molecule has 29 heavy (non-hydrogen) atoms. The molecule has 1 fully saturated rings. The van der Waals surface area contributed by atoms with Crippen molar-refractivity contribution < 1.29 is 22.3 Å². The average Bonchev–Trinajstić information content (AvgIpc) is 3.18. The number of sulfonamides is 1. The number of carbonyl (C=O) groups is 1. The molecule has 8 heteroatoms. The van der Waals surface area contributed by atoms with Crippen LogP contribution in [0.15, 0.2) is 47.4 Å². The lowest BCUT2D eigenvalue weighted by atomic mass is 10.1. The molecule has 0 radical (unpaired) electrons. The molecule has 2 aromatic rings. The molecule has 156 valence electrons. The Bertz CT molecular complexity index is 988. The first-order chi connectivity index (χ1) is 13.8. The number of hydrogen-bond acceptors (Lipinski definition) is 4. The number of hydrogen-bond donors (Lipinski definition) is 1. The van der Waals surface area contributed by atoms with Gasteiger partial charge in [-0.05, 0) is 62.1 Å². The zero-order chi connectivity index (χ0) is 21.0. The second kappa shape index (κ2) is 9.02. The van der Waals surface area contributed by atoms with Gasteiger partial charge in [-0.1, -0.05) is 18.2 Å². The van der Waals surface area contributed by atoms with E-state index in [-0.39, 0.29) is 24.1 Å². The summed E-state index contributed by atoms with van der Waals surface area (Å²) in [6.45, 7) is 4.04. The fourth-order valence-electron chi connectivity index (χ4n) is 3.28. The summed E-state index contributed by atoms with van der Waals surface area (Å²) >= 11 is 0. The van der Waals surface area contributed by atoms with Gasteiger partial charge in [0.1, 0.15) is 5.82 Å². The van der Waals surface area contributed by atoms with E-state index in [1.807, 2.05) is 26.0 Å². The van der Waals surface area contributed by atoms with Crippen molar-refractivity contribution >= 4 is 21.6 Å². The molecule has 1 aliphatic heterocycles. The third kappa shape index (κ3) is 5.20. The van der Waals surface area contributed by atoms with E-state index in [2.05, 4.69) is 5.32 Å². The van der Waals surface area contributed by atoms with Gasteiger partial charge in [0.05, 0.1) is 17.5 Å². The molecule has 1 amide bonds. The molecule has 0 aliphatic carbocycles. The van der Waals surface area contributed by atoms with Crippen molar-refractivity contribution in [2.75, 3.05) is 25.0 Å². The Morgan fingerprint density at radius 1 is 1.24 bits per heavy atom. The Morgan fingerprint density at radius 3 is 2.69 bits per heavy atom. The molecule has 1 atom stereocenters. The van der Waals surface area contributed by atoms with E-state index in [1.165, 1.54) is 18.2 Å². The fraction of sp³-hybridized carbons (Fsp3) is 0.381. The quantitative estimate of drug-likeness (QED) is 0.746. The maximum atomic E-state index is 13.6. The van der Waals surface area contributed by atoms with Crippen LogP contribution in [0.4, 0.5) is 10.1 Å². The number of benzene rings is 2. The highest BCUT2D eigenvalue weighted by atomic mass is 32.2. The molecular weight excluding hydrogens is 395 g/mol. The van der Waals surface area contributed by atoms with E-state index in [0.717, 1.165) is 27.9 Å². The number of halogens is 1. The smallest absolute Gasteiger partial charge is 0.243 e. The molecule has 1 saturated heterocycles. The van der Waals surface area contributed by atoms with Gasteiger partial charge in [-0.3, -0.25) is 4.79 Å². The summed E-state index contributed by atoms with van der Waals surface area (Å²) < 4.78 is 46.4. The zero-order valence-corrected chi connectivity index (χ0v) is 17.3. The van der Waals surface area contributed by atoms with Gasteiger partial charge in [0, 0.05) is 18.8 Å². The predicted octanol–water partition coefficient (Wildman–Crippen LogP) is 3.25. The monoisotopic (exact) mass is 420 g/mol. The van der Waals surface area contributed by atoms with Gasteiger partial charge in [-0.2, -0.15) is 4.31 Å². The lowest BCUT2D eigenvalue weighted by Gasteiger charge is -2.24. The van der Waals surface area contributed by atoms with Gasteiger partial charge in [0.25, 0.3) is 0 Å². The third-order valence-corrected chi connectivity index (χ3v) is 6.87. The molecule has 1 N–H and O–H groups in total. The van der Waals surface area contributed by atoms with Gasteiger partial charge in [-0.15, -0.1) is 0 Å². The van der Waals surface area contributed by atoms with Crippen LogP contribution < -0.4 is 5.32 Å². The minimum Gasteiger partial charge on any atom is -0.377 e. The molecule has 0 saturated carbocycles. The summed E-state index contributed by atoms with van der Waals surface area (Å²) in [6, 6.07) is 10.3. The lowest BCUT2D eigenvalue weighted by Crippen LogP contribution is -2.42. The van der Waals surface area contributed by atoms with Crippen LogP contribution >= 0.6 is 0 Å². The van der Waals surface area contributed by atoms with Gasteiger partial charge < -0.3 is 10.1 Å². The summed E-state index contributed by atoms with van der Waals surface area (Å²) in [5.74, 6) is -1.11. The van der Waals surface area contributed by atoms with Gasteiger partial charge in [-0.25, -0.2) is 12.8 Å². The number of amides is 1. The first-order valence-corrected chi connectivity index (χ1v) is 10.9. The van der Waals surface area contributed by atoms with Crippen molar-refractivity contribution in [3.8, 4) is 0 Å². The van der Waals surface area contributed by atoms with Crippen molar-refractivity contribution in [2.45, 2.75) is 37.7 Å². The maximum absolute atomic E-state index is 13.6. The van der Waals surface area contributed by atoms with Crippen molar-refractivity contribution in [1.82, 2.24) is 4.31 Å². The van der Waals surface area contributed by atoms with Gasteiger partial charge in [0.2, 0.25) is 15.9 Å². The van der Waals surface area contributed by atoms with E-state index in [9.17, 15) is 17.6 Å². The van der Waals surface area contributed by atoms with Crippen LogP contribution in [0.25, 0.3) is 0 Å². The Morgan fingerprint density at radius 2 is 2.00 bits per heavy atom. The number of aryl methyl sites for hydroxylation is 1. The van der Waals surface area contributed by atoms with Crippen molar-refractivity contribution in [1.29, 1.82) is 0 Å². The summed E-state index contributed by atoms with van der Waals surface area (Å²) in [6.07, 6.45) is 1.27. The SMILES string of the molecule is Cc1cccc(NC(=O)CN(CC2CCCO2)S(=O)(=O)c2cccc(F)c2)c1C. The second-order valence-corrected chi connectivity index (χ2v) is 9.12. The number of ether oxygens (including phenoxy) is 1. The Hall–Kier alpha value is -2.29. The lowest BCUT2D eigenvalue weighted by molar-refractivity contribution is -0.116. The molecule has 0 spiro atoms. The Labute approximate surface area is 170 Å². The van der Waals surface area contributed by atoms with Gasteiger partial charge in [0.15, 0.2) is 0 Å². The minimum absolute atomic E-state index is 0.0407. The van der Waals surface area contributed by atoms with Crippen LogP contribution in [0, 0.1) is 19.7 Å². The highest BCUT2D eigenvalue weighted by molar-refractivity contribution is 7.89. The summed E-state index contributed by atoms with van der Waals surface area (Å²) in [5.41, 5.74) is 2.57. The number of carbonyl (C=O) groups excluding carboxylic acids is 1. The van der Waals surface area contributed by atoms with E-state index >= 15 is 0 Å². The van der Waals surface area contributed by atoms with E-state index < -0.39 is 21.7 Å². The number of nitrogens with one attached hydrogen (secondary N) is 1. The highest BCUT2D eigenvalue weighted by Crippen LogP contribution is 2.22. The maximum Gasteiger partial charge on any atom is 0.243 e. The standard InChI is InChI=1S/C21H25FN2O4S/c1-15-6-3-10-20(16(15)2)23-21(25)14-24(13-18-8-5-11-28-18)29(26,27)19-9-4-7-17(22)12-19/h3-4,6-7,9-10,12,18H,5,8,11,13-14H2,1-2H3,(H,23,25). The summed E-state index contributed by atoms with van der Waals surface area (Å²) in [7, 11) is -4.06. The van der Waals surface area contributed by atoms with Crippen LogP contribution in [-0.4, -0.2) is 44.4 Å². The second-order valence-electron chi connectivity index (χ2n) is 7.19. The van der Waals surface area contributed by atoms with Crippen LogP contribution in [0.1, 0.15) is 24.0 Å². The number of anilines is 1. The fourth-order valence-corrected chi connectivity index (χ4v) is 4.74. The van der Waals surface area contributed by atoms with Gasteiger partial charge >= 0.3 is 0 Å². The molecule has 1 heterocycles. The Balaban J connectivity index is 1.83. The van der Waals surface area contributed by atoms with Crippen LogP contribution in [0.3, 0.4) is 0 Å². The predicted molar refractivity (Wildman–Crippen MR) is 109 cm³/mol. The first kappa shape index (κ1) is 21.4. The topological polar surface area (TPSA) is 75.7 Å². The van der Waals surface area contributed by atoms with Crippen LogP contribution in [0.2, 0.25) is 0 Å². The third-order valence-electron chi connectivity index (χ3n) is 5.06. The van der Waals surface area contributed by atoms with Crippen molar-refractivity contribution in [3.05, 3.63) is 59.4 Å². The largest absolute Gasteiger partial charge is 0.377 e. The number of nitrogens with zero attached hydrogens (tertiary/aromatic N) is 1. The molecular formula is C21H25FN2O4S. The minimum atomic E-state index is -4.06. The molecule has 1 unspecified atom stereocenters. The van der Waals surface area contributed by atoms with Crippen molar-refractivity contribution in [2.24, 2.45) is 0 Å². The van der Waals surface area contributed by atoms with Crippen LogP contribution in [0.5, 0.6) is 0 Å². The van der Waals surface area contributed by atoms with E-state index in [4.69, 9.17) is 4.74 Å². The number of rotatable bonds is 7. The Kier molecular flexibility index (Phi) is 6.66. The molecule has 0 bridgehead atoms. The average molecular weight is 421 g/mol. The first-order valence-electron chi connectivity index (χ1n) is 9.51. The molecule has 2 aromatic carbocycles. The highest BCUT2D eigenvalue weighted by Gasteiger charge is 2.31. The zero-order valence-electron chi connectivity index (χ0n) is 16.5. The summed E-state index contributed by atoms with van der Waals surface area (Å²) in [4.78, 5) is 12.5. The normalized spacial score (nSPS) is 16.9.